The van der Waals surface area contributed by atoms with Crippen LogP contribution in [0, 0.1) is 0 Å². The van der Waals surface area contributed by atoms with Crippen molar-refractivity contribution in [2.24, 2.45) is 0 Å². The number of aromatic nitrogens is 5. The minimum atomic E-state index is 0.552. The van der Waals surface area contributed by atoms with E-state index in [1.807, 2.05) is 12.1 Å². The number of nitrogens with zero attached hydrogens (tertiary/aromatic N) is 4. The largest absolute Gasteiger partial charge is 0.368 e. The van der Waals surface area contributed by atoms with E-state index in [2.05, 4.69) is 35.6 Å². The normalized spacial score (nSPS) is 10.7. The Hall–Kier alpha value is -2.70. The maximum absolute atomic E-state index is 4.41. The molecule has 0 saturated heterocycles. The molecule has 102 valence electrons. The fourth-order valence-electron chi connectivity index (χ4n) is 1.95. The Morgan fingerprint density at radius 2 is 2.05 bits per heavy atom. The van der Waals surface area contributed by atoms with E-state index in [0.717, 1.165) is 24.3 Å². The first kappa shape index (κ1) is 12.3. The van der Waals surface area contributed by atoms with Gasteiger partial charge in [0, 0.05) is 26.0 Å². The van der Waals surface area contributed by atoms with Crippen molar-refractivity contribution in [2.75, 3.05) is 24.2 Å². The highest BCUT2D eigenvalue weighted by molar-refractivity contribution is 5.83. The lowest BCUT2D eigenvalue weighted by Crippen LogP contribution is -2.09. The Morgan fingerprint density at radius 3 is 2.85 bits per heavy atom. The van der Waals surface area contributed by atoms with Gasteiger partial charge >= 0.3 is 0 Å². The molecule has 3 rings (SSSR count). The second kappa shape index (κ2) is 5.52. The number of rotatable bonds is 5. The fraction of sp³-hybridized carbons (Fsp3) is 0.231. The Balaban J connectivity index is 1.75. The minimum Gasteiger partial charge on any atom is -0.368 e. The molecule has 0 aliphatic carbocycles. The van der Waals surface area contributed by atoms with Crippen LogP contribution >= 0.6 is 0 Å². The van der Waals surface area contributed by atoms with Crippen LogP contribution < -0.4 is 10.6 Å². The van der Waals surface area contributed by atoms with E-state index in [0.29, 0.717) is 11.6 Å². The molecule has 0 saturated carbocycles. The Kier molecular flexibility index (Phi) is 3.40. The maximum atomic E-state index is 4.41. The number of anilines is 2. The van der Waals surface area contributed by atoms with Crippen molar-refractivity contribution < 1.29 is 0 Å². The highest BCUT2D eigenvalue weighted by Crippen LogP contribution is 2.18. The van der Waals surface area contributed by atoms with Crippen LogP contribution in [-0.4, -0.2) is 38.5 Å². The number of hydrogen-bond acceptors (Lipinski definition) is 6. The Labute approximate surface area is 115 Å². The molecule has 0 aliphatic heterocycles. The summed E-state index contributed by atoms with van der Waals surface area (Å²) in [5, 5.41) is 6.25. The molecule has 20 heavy (non-hydrogen) atoms. The lowest BCUT2D eigenvalue weighted by Gasteiger charge is -2.08. The minimum absolute atomic E-state index is 0.552. The van der Waals surface area contributed by atoms with Crippen molar-refractivity contribution in [1.82, 2.24) is 24.9 Å². The van der Waals surface area contributed by atoms with E-state index < -0.39 is 0 Å². The van der Waals surface area contributed by atoms with Crippen molar-refractivity contribution in [3.63, 3.8) is 0 Å². The number of fused-ring (bicyclic) bond motifs is 1. The van der Waals surface area contributed by atoms with Crippen LogP contribution in [0.5, 0.6) is 0 Å². The summed E-state index contributed by atoms with van der Waals surface area (Å²) >= 11 is 0. The third-order valence-electron chi connectivity index (χ3n) is 2.96. The molecule has 0 amide bonds. The molecule has 0 aliphatic rings. The first-order valence-electron chi connectivity index (χ1n) is 6.38. The zero-order chi connectivity index (χ0) is 13.8. The van der Waals surface area contributed by atoms with Gasteiger partial charge in [-0.2, -0.15) is 9.97 Å². The number of hydrogen-bond donors (Lipinski definition) is 3. The van der Waals surface area contributed by atoms with Gasteiger partial charge in [-0.05, 0) is 24.1 Å². The van der Waals surface area contributed by atoms with Gasteiger partial charge in [-0.25, -0.2) is 4.98 Å². The first-order valence-corrected chi connectivity index (χ1v) is 6.38. The standard InChI is InChI=1S/C13H15N7/c1-14-13-19-11(10-12(20-13)18-8-17-10)16-7-4-9-2-5-15-6-3-9/h2-3,5-6,8H,4,7H2,1H3,(H3,14,16,17,18,19,20). The summed E-state index contributed by atoms with van der Waals surface area (Å²) in [5.74, 6) is 1.31. The number of H-pyrrole nitrogens is 1. The molecule has 3 aromatic rings. The van der Waals surface area contributed by atoms with Gasteiger partial charge in [-0.1, -0.05) is 0 Å². The molecule has 0 atom stereocenters. The summed E-state index contributed by atoms with van der Waals surface area (Å²) < 4.78 is 0. The van der Waals surface area contributed by atoms with Gasteiger partial charge in [-0.15, -0.1) is 0 Å². The van der Waals surface area contributed by atoms with E-state index in [4.69, 9.17) is 0 Å². The second-order valence-electron chi connectivity index (χ2n) is 4.28. The lowest BCUT2D eigenvalue weighted by atomic mass is 10.2. The van der Waals surface area contributed by atoms with Gasteiger partial charge < -0.3 is 15.6 Å². The van der Waals surface area contributed by atoms with E-state index in [1.54, 1.807) is 25.8 Å². The van der Waals surface area contributed by atoms with Crippen LogP contribution in [0.2, 0.25) is 0 Å². The van der Waals surface area contributed by atoms with Crippen molar-refractivity contribution >= 4 is 22.9 Å². The van der Waals surface area contributed by atoms with Crippen molar-refractivity contribution in [2.45, 2.75) is 6.42 Å². The summed E-state index contributed by atoms with van der Waals surface area (Å²) in [7, 11) is 1.79. The van der Waals surface area contributed by atoms with Gasteiger partial charge in [0.2, 0.25) is 5.95 Å². The molecular formula is C13H15N7. The van der Waals surface area contributed by atoms with Crippen LogP contribution in [0.15, 0.2) is 30.9 Å². The SMILES string of the molecule is CNc1nc(NCCc2ccncc2)c2[nH]cnc2n1. The predicted octanol–water partition coefficient (Wildman–Crippen LogP) is 1.44. The average molecular weight is 269 g/mol. The molecule has 0 spiro atoms. The summed E-state index contributed by atoms with van der Waals surface area (Å²) in [4.78, 5) is 19.9. The van der Waals surface area contributed by atoms with Gasteiger partial charge in [0.15, 0.2) is 11.5 Å². The van der Waals surface area contributed by atoms with Crippen LogP contribution in [0.4, 0.5) is 11.8 Å². The quantitative estimate of drug-likeness (QED) is 0.649. The molecule has 7 heteroatoms. The molecule has 3 aromatic heterocycles. The topological polar surface area (TPSA) is 91.4 Å². The van der Waals surface area contributed by atoms with Gasteiger partial charge in [0.1, 0.15) is 5.52 Å². The monoisotopic (exact) mass is 269 g/mol. The lowest BCUT2D eigenvalue weighted by molar-refractivity contribution is 0.999. The zero-order valence-corrected chi connectivity index (χ0v) is 11.1. The van der Waals surface area contributed by atoms with Crippen LogP contribution in [0.25, 0.3) is 11.2 Å². The second-order valence-corrected chi connectivity index (χ2v) is 4.28. The van der Waals surface area contributed by atoms with E-state index in [-0.39, 0.29) is 0 Å². The molecule has 3 N–H and O–H groups in total. The van der Waals surface area contributed by atoms with Gasteiger partial charge in [0.25, 0.3) is 0 Å². The van der Waals surface area contributed by atoms with Gasteiger partial charge in [-0.3, -0.25) is 4.98 Å². The molecule has 0 unspecified atom stereocenters. The number of pyridine rings is 1. The highest BCUT2D eigenvalue weighted by atomic mass is 15.2. The third kappa shape index (κ3) is 2.51. The first-order chi connectivity index (χ1) is 9.86. The molecule has 0 fully saturated rings. The fourth-order valence-corrected chi connectivity index (χ4v) is 1.95. The van der Waals surface area contributed by atoms with E-state index >= 15 is 0 Å². The smallest absolute Gasteiger partial charge is 0.226 e. The van der Waals surface area contributed by atoms with Crippen LogP contribution in [0.3, 0.4) is 0 Å². The maximum Gasteiger partial charge on any atom is 0.226 e. The average Bonchev–Trinajstić information content (AvgIpc) is 2.96. The highest BCUT2D eigenvalue weighted by Gasteiger charge is 2.08. The van der Waals surface area contributed by atoms with E-state index in [9.17, 15) is 0 Å². The molecule has 0 radical (unpaired) electrons. The Bertz CT molecular complexity index is 692. The molecule has 7 nitrogen and oxygen atoms in total. The van der Waals surface area contributed by atoms with Crippen molar-refractivity contribution in [3.8, 4) is 0 Å². The Morgan fingerprint density at radius 1 is 1.20 bits per heavy atom. The summed E-state index contributed by atoms with van der Waals surface area (Å²) in [6.45, 7) is 0.776. The summed E-state index contributed by atoms with van der Waals surface area (Å²) in [5.41, 5.74) is 2.70. The number of nitrogens with one attached hydrogen (secondary N) is 3. The number of imidazole rings is 1. The molecule has 0 aromatic carbocycles. The summed E-state index contributed by atoms with van der Waals surface area (Å²) in [6.07, 6.45) is 6.11. The predicted molar refractivity (Wildman–Crippen MR) is 77.7 cm³/mol. The van der Waals surface area contributed by atoms with Gasteiger partial charge in [0.05, 0.1) is 6.33 Å². The summed E-state index contributed by atoms with van der Waals surface area (Å²) in [6, 6.07) is 4.01. The third-order valence-corrected chi connectivity index (χ3v) is 2.96. The van der Waals surface area contributed by atoms with E-state index in [1.165, 1.54) is 5.56 Å². The van der Waals surface area contributed by atoms with Crippen molar-refractivity contribution in [1.29, 1.82) is 0 Å². The van der Waals surface area contributed by atoms with Crippen LogP contribution in [-0.2, 0) is 6.42 Å². The van der Waals surface area contributed by atoms with Crippen LogP contribution in [0.1, 0.15) is 5.56 Å². The number of aromatic amines is 1. The zero-order valence-electron chi connectivity index (χ0n) is 11.1. The molecule has 3 heterocycles. The van der Waals surface area contributed by atoms with Crippen molar-refractivity contribution in [3.05, 3.63) is 36.4 Å². The molecule has 0 bridgehead atoms. The molecular weight excluding hydrogens is 254 g/mol.